The number of hydrogen-bond donors (Lipinski definition) is 0. The van der Waals surface area contributed by atoms with Crippen LogP contribution >= 0.6 is 0 Å². The van der Waals surface area contributed by atoms with Gasteiger partial charge in [-0.25, -0.2) is 0 Å². The van der Waals surface area contributed by atoms with Gasteiger partial charge in [-0.2, -0.15) is 0 Å². The van der Waals surface area contributed by atoms with Crippen molar-refractivity contribution in [3.63, 3.8) is 0 Å². The van der Waals surface area contributed by atoms with E-state index in [0.717, 1.165) is 0 Å². The number of hydrogen-bond acceptors (Lipinski definition) is 0. The molecule has 0 aromatic heterocycles. The Bertz CT molecular complexity index is 18.8. The molecule has 0 N–H and O–H groups in total. The van der Waals surface area contributed by atoms with Crippen molar-refractivity contribution in [3.05, 3.63) is 0 Å². The molecule has 4 heteroatoms. The van der Waals surface area contributed by atoms with Crippen molar-refractivity contribution in [1.29, 1.82) is 0 Å². The molecule has 0 unspecified atom stereocenters. The van der Waals surface area contributed by atoms with E-state index in [9.17, 15) is 0 Å². The second-order valence-electron chi connectivity index (χ2n) is 1.10. The SMILES string of the molecule is CCC[CH2][Sn].F.F.F. The molecule has 0 saturated carbocycles. The van der Waals surface area contributed by atoms with Crippen molar-refractivity contribution in [3.8, 4) is 0 Å². The zero-order valence-corrected chi connectivity index (χ0v) is 7.70. The fourth-order valence-corrected chi connectivity index (χ4v) is 1.19. The zero-order valence-electron chi connectivity index (χ0n) is 4.85. The van der Waals surface area contributed by atoms with Gasteiger partial charge in [-0.05, 0) is 0 Å². The molecule has 8 heavy (non-hydrogen) atoms. The molecule has 0 bridgehead atoms. The molecule has 3 radical (unpaired) electrons. The molecule has 0 saturated heterocycles. The third-order valence-corrected chi connectivity index (χ3v) is 1.54. The average molecular weight is 236 g/mol. The molecule has 0 rings (SSSR count). The molecule has 0 spiro atoms. The fourth-order valence-electron chi connectivity index (χ4n) is 0.177. The molecule has 0 aliphatic carbocycles. The normalized spacial score (nSPS) is 5.25. The first-order valence-electron chi connectivity index (χ1n) is 2.06. The van der Waals surface area contributed by atoms with E-state index in [1.807, 2.05) is 0 Å². The number of unbranched alkanes of at least 4 members (excludes halogenated alkanes) is 1. The summed E-state index contributed by atoms with van der Waals surface area (Å²) in [5.74, 6) is 0. The smallest absolute Gasteiger partial charge is 0.269 e. The monoisotopic (exact) mass is 237 g/mol. The van der Waals surface area contributed by atoms with E-state index in [4.69, 9.17) is 0 Å². The molecular formula is C4H12F3Sn. The summed E-state index contributed by atoms with van der Waals surface area (Å²) in [6, 6.07) is 0. The second kappa shape index (κ2) is 25.6. The van der Waals surface area contributed by atoms with E-state index in [2.05, 4.69) is 6.92 Å². The van der Waals surface area contributed by atoms with E-state index in [-0.39, 0.29) is 14.1 Å². The van der Waals surface area contributed by atoms with E-state index < -0.39 is 0 Å². The third-order valence-electron chi connectivity index (χ3n) is 0.530. The van der Waals surface area contributed by atoms with Crippen molar-refractivity contribution in [1.82, 2.24) is 0 Å². The molecule has 0 amide bonds. The van der Waals surface area contributed by atoms with Crippen LogP contribution in [0.25, 0.3) is 0 Å². The van der Waals surface area contributed by atoms with Crippen LogP contribution in [0.3, 0.4) is 0 Å². The standard InChI is InChI=1S/C4H9.3FH.Sn/c1-3-4-2;;;;/h1,3-4H2,2H3;3*1H;. The minimum Gasteiger partial charge on any atom is -0.269 e. The minimum absolute atomic E-state index is 0. The van der Waals surface area contributed by atoms with Crippen LogP contribution in [0.2, 0.25) is 4.44 Å². The van der Waals surface area contributed by atoms with Gasteiger partial charge in [0.05, 0.1) is 0 Å². The molecular weight excluding hydrogens is 224 g/mol. The number of halogens is 3. The van der Waals surface area contributed by atoms with Crippen LogP contribution in [0.5, 0.6) is 0 Å². The summed E-state index contributed by atoms with van der Waals surface area (Å²) in [4.78, 5) is 0. The topological polar surface area (TPSA) is 0 Å². The van der Waals surface area contributed by atoms with Gasteiger partial charge < -0.3 is 0 Å². The first-order chi connectivity index (χ1) is 2.41. The first kappa shape index (κ1) is 23.5. The Kier molecular flexibility index (Phi) is 75.1. The van der Waals surface area contributed by atoms with Crippen LogP contribution in [-0.2, 0) is 0 Å². The van der Waals surface area contributed by atoms with Crippen molar-refractivity contribution in [2.45, 2.75) is 24.2 Å². The second-order valence-corrected chi connectivity index (χ2v) is 2.53. The largest absolute Gasteiger partial charge is 0.269 e. The Hall–Kier alpha value is 0.589. The Morgan fingerprint density at radius 2 is 1.50 bits per heavy atom. The Morgan fingerprint density at radius 3 is 1.50 bits per heavy atom. The summed E-state index contributed by atoms with van der Waals surface area (Å²) >= 11 is 1.68. The predicted molar refractivity (Wildman–Crippen MR) is 33.0 cm³/mol. The summed E-state index contributed by atoms with van der Waals surface area (Å²) in [5.41, 5.74) is 0. The Morgan fingerprint density at radius 1 is 1.12 bits per heavy atom. The molecule has 0 aromatic carbocycles. The summed E-state index contributed by atoms with van der Waals surface area (Å²) < 4.78 is 1.43. The van der Waals surface area contributed by atoms with Gasteiger partial charge >= 0.3 is 46.7 Å². The van der Waals surface area contributed by atoms with Gasteiger partial charge in [0.15, 0.2) is 0 Å². The van der Waals surface area contributed by atoms with Gasteiger partial charge in [0, 0.05) is 0 Å². The number of rotatable bonds is 2. The van der Waals surface area contributed by atoms with E-state index in [0.29, 0.717) is 0 Å². The van der Waals surface area contributed by atoms with Gasteiger partial charge in [-0.3, -0.25) is 14.1 Å². The Balaban J connectivity index is -0.0000000267. The minimum atomic E-state index is 0. The van der Waals surface area contributed by atoms with Crippen LogP contribution in [0.15, 0.2) is 0 Å². The molecule has 53 valence electrons. The zero-order chi connectivity index (χ0) is 4.12. The predicted octanol–water partition coefficient (Wildman–Crippen LogP) is 1.83. The van der Waals surface area contributed by atoms with Gasteiger partial charge in [-0.1, -0.05) is 0 Å². The van der Waals surface area contributed by atoms with Crippen molar-refractivity contribution >= 4 is 22.5 Å². The third kappa shape index (κ3) is 30.7. The van der Waals surface area contributed by atoms with Crippen molar-refractivity contribution in [2.75, 3.05) is 0 Å². The van der Waals surface area contributed by atoms with E-state index in [1.54, 1.807) is 22.5 Å². The maximum Gasteiger partial charge on any atom is -0.269 e. The van der Waals surface area contributed by atoms with Gasteiger partial charge in [0.25, 0.3) is 0 Å². The summed E-state index contributed by atoms with van der Waals surface area (Å²) in [6.45, 7) is 2.23. The van der Waals surface area contributed by atoms with Crippen LogP contribution in [0.1, 0.15) is 19.8 Å². The van der Waals surface area contributed by atoms with Crippen LogP contribution in [-0.4, -0.2) is 22.5 Å². The van der Waals surface area contributed by atoms with Crippen LogP contribution in [0, 0.1) is 0 Å². The maximum absolute atomic E-state index is 2.23. The average Bonchev–Trinajstić information content (AvgIpc) is 1.41. The molecule has 0 aromatic rings. The molecule has 0 nitrogen and oxygen atoms in total. The summed E-state index contributed by atoms with van der Waals surface area (Å²) in [5, 5.41) is 0. The van der Waals surface area contributed by atoms with Crippen molar-refractivity contribution < 1.29 is 14.1 Å². The molecule has 0 atom stereocenters. The molecule has 0 fully saturated rings. The van der Waals surface area contributed by atoms with E-state index >= 15 is 0 Å². The summed E-state index contributed by atoms with van der Waals surface area (Å²) in [6.07, 6.45) is 2.80. The van der Waals surface area contributed by atoms with Gasteiger partial charge in [0.2, 0.25) is 0 Å². The molecule has 0 aliphatic rings. The van der Waals surface area contributed by atoms with Gasteiger partial charge in [-0.15, -0.1) is 0 Å². The van der Waals surface area contributed by atoms with Crippen LogP contribution < -0.4 is 0 Å². The first-order valence-corrected chi connectivity index (χ1v) is 4.08. The summed E-state index contributed by atoms with van der Waals surface area (Å²) in [7, 11) is 0. The quantitative estimate of drug-likeness (QED) is 0.641. The van der Waals surface area contributed by atoms with Crippen LogP contribution in [0.4, 0.5) is 14.1 Å². The Labute approximate surface area is 61.2 Å². The van der Waals surface area contributed by atoms with Gasteiger partial charge in [0.1, 0.15) is 0 Å². The maximum atomic E-state index is 2.23. The molecule has 0 heterocycles. The van der Waals surface area contributed by atoms with Crippen molar-refractivity contribution in [2.24, 2.45) is 0 Å². The van der Waals surface area contributed by atoms with E-state index in [1.165, 1.54) is 17.3 Å². The fraction of sp³-hybridized carbons (Fsp3) is 1.00. The molecule has 0 aliphatic heterocycles.